The molecular formula is C22H17ClO3. The van der Waals surface area contributed by atoms with Crippen molar-refractivity contribution in [2.24, 2.45) is 0 Å². The van der Waals surface area contributed by atoms with Crippen LogP contribution in [0.5, 0.6) is 0 Å². The molecule has 0 unspecified atom stereocenters. The molecule has 0 aliphatic heterocycles. The van der Waals surface area contributed by atoms with Crippen LogP contribution < -0.4 is 0 Å². The third-order valence-corrected chi connectivity index (χ3v) is 4.16. The molecule has 130 valence electrons. The van der Waals surface area contributed by atoms with Crippen LogP contribution in [0.2, 0.25) is 5.02 Å². The van der Waals surface area contributed by atoms with Gasteiger partial charge in [-0.2, -0.15) is 0 Å². The highest BCUT2D eigenvalue weighted by atomic mass is 35.5. The first-order chi connectivity index (χ1) is 12.6. The highest BCUT2D eigenvalue weighted by Crippen LogP contribution is 2.25. The normalized spacial score (nSPS) is 11.6. The van der Waals surface area contributed by atoms with Gasteiger partial charge in [0, 0.05) is 16.1 Å². The van der Waals surface area contributed by atoms with E-state index in [2.05, 4.69) is 0 Å². The number of rotatable bonds is 6. The van der Waals surface area contributed by atoms with E-state index < -0.39 is 12.1 Å². The van der Waals surface area contributed by atoms with E-state index >= 15 is 0 Å². The van der Waals surface area contributed by atoms with Gasteiger partial charge in [-0.15, -0.1) is 0 Å². The zero-order valence-electron chi connectivity index (χ0n) is 14.0. The summed E-state index contributed by atoms with van der Waals surface area (Å²) in [4.78, 5) is 25.3. The number of ether oxygens (including phenoxy) is 1. The second kappa shape index (κ2) is 8.45. The summed E-state index contributed by atoms with van der Waals surface area (Å²) in [5.41, 5.74) is 1.91. The lowest BCUT2D eigenvalue weighted by Crippen LogP contribution is -2.21. The molecular weight excluding hydrogens is 348 g/mol. The van der Waals surface area contributed by atoms with E-state index in [1.54, 1.807) is 48.5 Å². The van der Waals surface area contributed by atoms with Crippen molar-refractivity contribution in [3.8, 4) is 0 Å². The molecule has 0 bridgehead atoms. The zero-order chi connectivity index (χ0) is 18.4. The lowest BCUT2D eigenvalue weighted by Gasteiger charge is -2.17. The SMILES string of the molecule is O=C(Cc1ccccc1)O[C@@H](C(=O)c1ccccc1)c1ccc(Cl)cc1. The van der Waals surface area contributed by atoms with Crippen LogP contribution in [0, 0.1) is 0 Å². The summed E-state index contributed by atoms with van der Waals surface area (Å²) in [5.74, 6) is -0.727. The fourth-order valence-electron chi connectivity index (χ4n) is 2.60. The third kappa shape index (κ3) is 4.58. The smallest absolute Gasteiger partial charge is 0.311 e. The second-order valence-corrected chi connectivity index (χ2v) is 6.25. The van der Waals surface area contributed by atoms with E-state index in [0.717, 1.165) is 5.56 Å². The van der Waals surface area contributed by atoms with Gasteiger partial charge in [0.2, 0.25) is 5.78 Å². The maximum absolute atomic E-state index is 12.9. The number of benzene rings is 3. The number of hydrogen-bond donors (Lipinski definition) is 0. The van der Waals surface area contributed by atoms with Gasteiger partial charge in [0.25, 0.3) is 0 Å². The molecule has 0 fully saturated rings. The predicted molar refractivity (Wildman–Crippen MR) is 101 cm³/mol. The number of Topliss-reactive ketones (excluding diaryl/α,β-unsaturated/α-hetero) is 1. The molecule has 0 saturated heterocycles. The van der Waals surface area contributed by atoms with Crippen molar-refractivity contribution >= 4 is 23.4 Å². The summed E-state index contributed by atoms with van der Waals surface area (Å²) in [6.45, 7) is 0. The number of halogens is 1. The molecule has 0 amide bonds. The van der Waals surface area contributed by atoms with Crippen molar-refractivity contribution in [2.75, 3.05) is 0 Å². The predicted octanol–water partition coefficient (Wildman–Crippen LogP) is 5.05. The largest absolute Gasteiger partial charge is 0.449 e. The molecule has 0 saturated carbocycles. The molecule has 3 nitrogen and oxygen atoms in total. The summed E-state index contributed by atoms with van der Waals surface area (Å²) in [7, 11) is 0. The van der Waals surface area contributed by atoms with Crippen LogP contribution in [0.3, 0.4) is 0 Å². The highest BCUT2D eigenvalue weighted by Gasteiger charge is 2.26. The van der Waals surface area contributed by atoms with E-state index in [1.165, 1.54) is 0 Å². The van der Waals surface area contributed by atoms with Crippen LogP contribution in [-0.4, -0.2) is 11.8 Å². The summed E-state index contributed by atoms with van der Waals surface area (Å²) < 4.78 is 5.57. The quantitative estimate of drug-likeness (QED) is 0.454. The fraction of sp³-hybridized carbons (Fsp3) is 0.0909. The minimum Gasteiger partial charge on any atom is -0.449 e. The Morgan fingerprint density at radius 1 is 0.808 bits per heavy atom. The maximum atomic E-state index is 12.9. The molecule has 3 aromatic carbocycles. The van der Waals surface area contributed by atoms with Crippen molar-refractivity contribution in [1.29, 1.82) is 0 Å². The molecule has 26 heavy (non-hydrogen) atoms. The first-order valence-corrected chi connectivity index (χ1v) is 8.59. The standard InChI is InChI=1S/C22H17ClO3/c23-19-13-11-18(12-14-19)22(21(25)17-9-5-2-6-10-17)26-20(24)15-16-7-3-1-4-8-16/h1-14,22H,15H2/t22-/m1/s1. The molecule has 0 heterocycles. The van der Waals surface area contributed by atoms with Crippen molar-refractivity contribution in [2.45, 2.75) is 12.5 Å². The average Bonchev–Trinajstić information content (AvgIpc) is 2.68. The third-order valence-electron chi connectivity index (χ3n) is 3.91. The van der Waals surface area contributed by atoms with Gasteiger partial charge in [-0.1, -0.05) is 84.4 Å². The molecule has 0 aromatic heterocycles. The second-order valence-electron chi connectivity index (χ2n) is 5.81. The van der Waals surface area contributed by atoms with E-state index in [0.29, 0.717) is 16.1 Å². The van der Waals surface area contributed by atoms with Crippen LogP contribution in [0.1, 0.15) is 27.6 Å². The van der Waals surface area contributed by atoms with Gasteiger partial charge >= 0.3 is 5.97 Å². The minimum absolute atomic E-state index is 0.104. The molecule has 0 N–H and O–H groups in total. The van der Waals surface area contributed by atoms with Crippen molar-refractivity contribution in [3.63, 3.8) is 0 Å². The first kappa shape index (κ1) is 17.9. The Kier molecular flexibility index (Phi) is 5.82. The summed E-state index contributed by atoms with van der Waals surface area (Å²) in [5, 5.41) is 0.551. The van der Waals surface area contributed by atoms with E-state index in [4.69, 9.17) is 16.3 Å². The number of carbonyl (C=O) groups is 2. The Morgan fingerprint density at radius 3 is 2.00 bits per heavy atom. The number of carbonyl (C=O) groups excluding carboxylic acids is 2. The molecule has 4 heteroatoms. The van der Waals surface area contributed by atoms with Gasteiger partial charge in [-0.25, -0.2) is 0 Å². The topological polar surface area (TPSA) is 43.4 Å². The molecule has 1 atom stereocenters. The van der Waals surface area contributed by atoms with Gasteiger partial charge in [0.1, 0.15) is 0 Å². The van der Waals surface area contributed by atoms with Gasteiger partial charge in [-0.3, -0.25) is 9.59 Å². The minimum atomic E-state index is -1.01. The Labute approximate surface area is 157 Å². The Balaban J connectivity index is 1.84. The Morgan fingerprint density at radius 2 is 1.38 bits per heavy atom. The molecule has 0 aliphatic rings. The average molecular weight is 365 g/mol. The van der Waals surface area contributed by atoms with Crippen molar-refractivity contribution in [1.82, 2.24) is 0 Å². The molecule has 0 aliphatic carbocycles. The lowest BCUT2D eigenvalue weighted by molar-refractivity contribution is -0.146. The zero-order valence-corrected chi connectivity index (χ0v) is 14.7. The fourth-order valence-corrected chi connectivity index (χ4v) is 2.73. The Hall–Kier alpha value is -2.91. The molecule has 3 aromatic rings. The van der Waals surface area contributed by atoms with Gasteiger partial charge in [-0.05, 0) is 17.7 Å². The highest BCUT2D eigenvalue weighted by molar-refractivity contribution is 6.30. The van der Waals surface area contributed by atoms with Crippen LogP contribution >= 0.6 is 11.6 Å². The Bertz CT molecular complexity index is 874. The maximum Gasteiger partial charge on any atom is 0.311 e. The van der Waals surface area contributed by atoms with Crippen LogP contribution in [0.15, 0.2) is 84.9 Å². The van der Waals surface area contributed by atoms with Gasteiger partial charge < -0.3 is 4.74 Å². The lowest BCUT2D eigenvalue weighted by atomic mass is 9.99. The van der Waals surface area contributed by atoms with Crippen LogP contribution in [0.25, 0.3) is 0 Å². The van der Waals surface area contributed by atoms with Crippen molar-refractivity contribution < 1.29 is 14.3 Å². The van der Waals surface area contributed by atoms with Crippen molar-refractivity contribution in [3.05, 3.63) is 107 Å². The van der Waals surface area contributed by atoms with E-state index in [1.807, 2.05) is 36.4 Å². The summed E-state index contributed by atoms with van der Waals surface area (Å²) >= 11 is 5.93. The molecule has 3 rings (SSSR count). The van der Waals surface area contributed by atoms with Gasteiger partial charge in [0.05, 0.1) is 6.42 Å². The molecule has 0 radical (unpaired) electrons. The van der Waals surface area contributed by atoms with Crippen LogP contribution in [-0.2, 0) is 16.0 Å². The summed E-state index contributed by atoms with van der Waals surface area (Å²) in [6, 6.07) is 24.8. The summed E-state index contributed by atoms with van der Waals surface area (Å²) in [6.07, 6.45) is -0.904. The van der Waals surface area contributed by atoms with E-state index in [-0.39, 0.29) is 12.2 Å². The molecule has 0 spiro atoms. The van der Waals surface area contributed by atoms with E-state index in [9.17, 15) is 9.59 Å². The number of hydrogen-bond acceptors (Lipinski definition) is 3. The van der Waals surface area contributed by atoms with Crippen LogP contribution in [0.4, 0.5) is 0 Å². The first-order valence-electron chi connectivity index (χ1n) is 8.21. The number of esters is 1. The number of ketones is 1. The monoisotopic (exact) mass is 364 g/mol. The van der Waals surface area contributed by atoms with Gasteiger partial charge in [0.15, 0.2) is 6.10 Å².